The number of aliphatic hydroxyl groups is 1. The van der Waals surface area contributed by atoms with E-state index in [2.05, 4.69) is 0 Å². The largest absolute Gasteiger partial charge is 0.398 e. The van der Waals surface area contributed by atoms with E-state index < -0.39 is 0 Å². The summed E-state index contributed by atoms with van der Waals surface area (Å²) in [5, 5.41) is 16.6. The monoisotopic (exact) mass is 238 g/mol. The highest BCUT2D eigenvalue weighted by Crippen LogP contribution is 2.20. The lowest BCUT2D eigenvalue weighted by Gasteiger charge is -2.10. The summed E-state index contributed by atoms with van der Waals surface area (Å²) in [7, 11) is 0. The van der Waals surface area contributed by atoms with Gasteiger partial charge in [0, 0.05) is 17.0 Å². The molecule has 1 aromatic rings. The molecule has 3 heteroatoms. The van der Waals surface area contributed by atoms with Crippen LogP contribution in [-0.2, 0) is 6.61 Å². The van der Waals surface area contributed by atoms with Crippen LogP contribution in [0, 0.1) is 12.3 Å². The number of hydrogen-bond acceptors (Lipinski definition) is 3. The van der Waals surface area contributed by atoms with Crippen LogP contribution >= 0.6 is 0 Å². The smallest absolute Gasteiger partial charge is 0.0689 e. The van der Waals surface area contributed by atoms with Crippen molar-refractivity contribution in [2.75, 3.05) is 5.73 Å². The summed E-state index contributed by atoms with van der Waals surface area (Å²) in [6.07, 6.45) is 0. The number of benzene rings is 1. The Balaban J connectivity index is 0. The molecule has 0 unspecified atom stereocenters. The van der Waals surface area contributed by atoms with E-state index >= 15 is 0 Å². The van der Waals surface area contributed by atoms with Crippen molar-refractivity contribution in [2.24, 2.45) is 0 Å². The first-order chi connectivity index (χ1) is 8.06. The van der Waals surface area contributed by atoms with Gasteiger partial charge in [-0.25, -0.2) is 0 Å². The Bertz CT molecular complexity index is 346. The van der Waals surface area contributed by atoms with E-state index in [0.717, 1.165) is 11.1 Å². The van der Waals surface area contributed by atoms with Crippen molar-refractivity contribution in [1.29, 1.82) is 5.41 Å². The van der Waals surface area contributed by atoms with Gasteiger partial charge in [-0.2, -0.15) is 0 Å². The average Bonchev–Trinajstić information content (AvgIpc) is 2.32. The normalized spacial score (nSPS) is 8.41. The molecule has 4 N–H and O–H groups in total. The summed E-state index contributed by atoms with van der Waals surface area (Å²) in [5.74, 6) is 0. The van der Waals surface area contributed by atoms with Crippen LogP contribution in [0.1, 0.15) is 51.3 Å². The highest BCUT2D eigenvalue weighted by Gasteiger charge is 2.08. The van der Waals surface area contributed by atoms with Gasteiger partial charge in [-0.3, -0.25) is 0 Å². The lowest BCUT2D eigenvalue weighted by molar-refractivity contribution is 0.281. The Hall–Kier alpha value is -1.35. The van der Waals surface area contributed by atoms with Crippen LogP contribution in [0.25, 0.3) is 0 Å². The number of nitrogens with one attached hydrogen (secondary N) is 1. The quantitative estimate of drug-likeness (QED) is 0.545. The molecule has 0 saturated heterocycles. The Morgan fingerprint density at radius 2 is 1.71 bits per heavy atom. The molecule has 3 nitrogen and oxygen atoms in total. The summed E-state index contributed by atoms with van der Waals surface area (Å²) in [5.41, 5.74) is 9.10. The number of anilines is 1. The second kappa shape index (κ2) is 9.85. The third kappa shape index (κ3) is 5.50. The van der Waals surface area contributed by atoms with Crippen LogP contribution in [0.3, 0.4) is 0 Å². The zero-order chi connectivity index (χ0) is 14.0. The fraction of sp³-hybridized carbons (Fsp3) is 0.500. The summed E-state index contributed by atoms with van der Waals surface area (Å²) in [4.78, 5) is 0. The molecular formula is C14H26N2O. The van der Waals surface area contributed by atoms with Crippen molar-refractivity contribution in [1.82, 2.24) is 0 Å². The van der Waals surface area contributed by atoms with E-state index in [1.807, 2.05) is 46.8 Å². The van der Waals surface area contributed by atoms with Gasteiger partial charge in [0.15, 0.2) is 0 Å². The third-order valence-electron chi connectivity index (χ3n) is 1.94. The Kier molecular flexibility index (Phi) is 10.4. The van der Waals surface area contributed by atoms with Crippen molar-refractivity contribution >= 4 is 11.4 Å². The van der Waals surface area contributed by atoms with E-state index in [0.29, 0.717) is 17.0 Å². The first-order valence-electron chi connectivity index (χ1n) is 6.11. The molecule has 0 amide bonds. The predicted molar refractivity (Wildman–Crippen MR) is 76.7 cm³/mol. The molecule has 0 saturated carbocycles. The fourth-order valence-corrected chi connectivity index (χ4v) is 1.47. The standard InChI is InChI=1S/C10H14N2O.2C2H6/c1-6-3-8(5-13)10(7(2)11)9(12)4-6;2*1-2/h3-4,11,13H,5,12H2,1-2H3;2*1-2H3. The molecule has 1 aromatic carbocycles. The van der Waals surface area contributed by atoms with Gasteiger partial charge in [-0.1, -0.05) is 33.8 Å². The van der Waals surface area contributed by atoms with E-state index in [4.69, 9.17) is 16.2 Å². The molecule has 0 aliphatic heterocycles. The second-order valence-electron chi connectivity index (χ2n) is 3.17. The lowest BCUT2D eigenvalue weighted by atomic mass is 9.99. The number of rotatable bonds is 2. The predicted octanol–water partition coefficient (Wildman–Crippen LogP) is 3.51. The number of aliphatic hydroxyl groups excluding tert-OH is 1. The highest BCUT2D eigenvalue weighted by atomic mass is 16.3. The first kappa shape index (κ1) is 18.0. The Labute approximate surface area is 105 Å². The Morgan fingerprint density at radius 3 is 2.06 bits per heavy atom. The van der Waals surface area contributed by atoms with Crippen LogP contribution < -0.4 is 5.73 Å². The first-order valence-corrected chi connectivity index (χ1v) is 6.11. The molecule has 17 heavy (non-hydrogen) atoms. The highest BCUT2D eigenvalue weighted by molar-refractivity contribution is 6.02. The maximum absolute atomic E-state index is 9.06. The van der Waals surface area contributed by atoms with Gasteiger partial charge in [0.25, 0.3) is 0 Å². The van der Waals surface area contributed by atoms with Crippen LogP contribution in [0.15, 0.2) is 12.1 Å². The van der Waals surface area contributed by atoms with Crippen molar-refractivity contribution in [2.45, 2.75) is 48.1 Å². The number of nitrogens with two attached hydrogens (primary N) is 1. The minimum Gasteiger partial charge on any atom is -0.398 e. The van der Waals surface area contributed by atoms with Gasteiger partial charge in [0.2, 0.25) is 0 Å². The molecule has 1 rings (SSSR count). The van der Waals surface area contributed by atoms with E-state index in [1.165, 1.54) is 0 Å². The summed E-state index contributed by atoms with van der Waals surface area (Å²) in [6.45, 7) is 11.5. The van der Waals surface area contributed by atoms with E-state index in [9.17, 15) is 0 Å². The van der Waals surface area contributed by atoms with Gasteiger partial charge >= 0.3 is 0 Å². The molecule has 0 fully saturated rings. The number of hydrogen-bond donors (Lipinski definition) is 3. The SMILES string of the molecule is CC.CC.CC(=N)c1c(N)cc(C)cc1CO. The molecule has 0 radical (unpaired) electrons. The average molecular weight is 238 g/mol. The van der Waals surface area contributed by atoms with Crippen molar-refractivity contribution in [3.63, 3.8) is 0 Å². The molecule has 0 bridgehead atoms. The second-order valence-corrected chi connectivity index (χ2v) is 3.17. The summed E-state index contributed by atoms with van der Waals surface area (Å²) >= 11 is 0. The topological polar surface area (TPSA) is 70.1 Å². The van der Waals surface area contributed by atoms with E-state index in [1.54, 1.807) is 6.92 Å². The maximum atomic E-state index is 9.06. The number of nitrogen functional groups attached to an aromatic ring is 1. The maximum Gasteiger partial charge on any atom is 0.0689 e. The minimum absolute atomic E-state index is 0.0720. The van der Waals surface area contributed by atoms with Crippen molar-refractivity contribution in [3.05, 3.63) is 28.8 Å². The fourth-order valence-electron chi connectivity index (χ4n) is 1.47. The van der Waals surface area contributed by atoms with Crippen LogP contribution in [0.4, 0.5) is 5.69 Å². The Morgan fingerprint density at radius 1 is 1.24 bits per heavy atom. The zero-order valence-corrected chi connectivity index (χ0v) is 11.9. The molecule has 0 spiro atoms. The molecule has 98 valence electrons. The molecular weight excluding hydrogens is 212 g/mol. The summed E-state index contributed by atoms with van der Waals surface area (Å²) < 4.78 is 0. The lowest BCUT2D eigenvalue weighted by Crippen LogP contribution is -2.05. The van der Waals surface area contributed by atoms with Gasteiger partial charge in [0.1, 0.15) is 0 Å². The molecule has 0 aromatic heterocycles. The van der Waals surface area contributed by atoms with Crippen LogP contribution in [0.2, 0.25) is 0 Å². The van der Waals surface area contributed by atoms with Crippen LogP contribution in [-0.4, -0.2) is 10.8 Å². The third-order valence-corrected chi connectivity index (χ3v) is 1.94. The summed E-state index contributed by atoms with van der Waals surface area (Å²) in [6, 6.07) is 3.66. The van der Waals surface area contributed by atoms with Crippen molar-refractivity contribution < 1.29 is 5.11 Å². The number of aryl methyl sites for hydroxylation is 1. The van der Waals surface area contributed by atoms with Gasteiger partial charge in [-0.15, -0.1) is 0 Å². The zero-order valence-electron chi connectivity index (χ0n) is 11.9. The molecule has 0 aliphatic carbocycles. The minimum atomic E-state index is -0.0720. The molecule has 0 aliphatic rings. The van der Waals surface area contributed by atoms with Gasteiger partial charge in [-0.05, 0) is 31.0 Å². The van der Waals surface area contributed by atoms with E-state index in [-0.39, 0.29) is 6.61 Å². The van der Waals surface area contributed by atoms with Gasteiger partial charge in [0.05, 0.1) is 6.61 Å². The van der Waals surface area contributed by atoms with Crippen LogP contribution in [0.5, 0.6) is 0 Å². The van der Waals surface area contributed by atoms with Crippen molar-refractivity contribution in [3.8, 4) is 0 Å². The van der Waals surface area contributed by atoms with Gasteiger partial charge < -0.3 is 16.2 Å². The molecule has 0 atom stereocenters. The molecule has 0 heterocycles.